The summed E-state index contributed by atoms with van der Waals surface area (Å²) < 4.78 is 51.2. The van der Waals surface area contributed by atoms with Crippen LogP contribution in [0.15, 0.2) is 11.0 Å². The van der Waals surface area contributed by atoms with Gasteiger partial charge in [-0.15, -0.1) is 13.2 Å². The third kappa shape index (κ3) is 2.92. The Morgan fingerprint density at radius 1 is 1.47 bits per heavy atom. The molecule has 1 heterocycles. The minimum absolute atomic E-state index is 0.405. The number of hydrogen-bond donors (Lipinski definition) is 1. The first-order valence-corrected chi connectivity index (χ1v) is 3.97. The van der Waals surface area contributed by atoms with E-state index in [4.69, 9.17) is 0 Å². The Labute approximate surface area is 90.0 Å². The first kappa shape index (κ1) is 12.9. The molecule has 0 unspecified atom stereocenters. The number of aromatic amines is 1. The second-order valence-electron chi connectivity index (χ2n) is 2.75. The van der Waals surface area contributed by atoms with Crippen LogP contribution in [-0.4, -0.2) is 16.3 Å². The van der Waals surface area contributed by atoms with E-state index in [1.165, 1.54) is 0 Å². The van der Waals surface area contributed by atoms with Crippen molar-refractivity contribution in [2.75, 3.05) is 0 Å². The number of halogens is 4. The number of hydrogen-bond acceptors (Lipinski definition) is 4. The lowest BCUT2D eigenvalue weighted by Crippen LogP contribution is -2.22. The van der Waals surface area contributed by atoms with Gasteiger partial charge in [-0.1, -0.05) is 0 Å². The maximum absolute atomic E-state index is 12.4. The number of aromatic nitrogens is 1. The van der Waals surface area contributed by atoms with Crippen molar-refractivity contribution in [3.63, 3.8) is 0 Å². The summed E-state index contributed by atoms with van der Waals surface area (Å²) in [6, 6.07) is 0. The number of alkyl halides is 4. The lowest BCUT2D eigenvalue weighted by Gasteiger charge is -2.10. The first-order valence-electron chi connectivity index (χ1n) is 3.97. The molecular weight excluding hydrogens is 252 g/mol. The predicted octanol–water partition coefficient (Wildman–Crippen LogP) is 1.65. The van der Waals surface area contributed by atoms with Gasteiger partial charge >= 0.3 is 12.0 Å². The molecule has 0 aliphatic carbocycles. The normalized spacial score (nSPS) is 11.3. The average molecular weight is 256 g/mol. The van der Waals surface area contributed by atoms with Gasteiger partial charge in [0.05, 0.1) is 16.7 Å². The summed E-state index contributed by atoms with van der Waals surface area (Å²) >= 11 is 0. The summed E-state index contributed by atoms with van der Waals surface area (Å²) in [5, 5.41) is 10.3. The van der Waals surface area contributed by atoms with Crippen LogP contribution < -0.4 is 10.2 Å². The van der Waals surface area contributed by atoms with E-state index in [0.29, 0.717) is 6.20 Å². The molecule has 0 aliphatic rings. The summed E-state index contributed by atoms with van der Waals surface area (Å²) in [6.07, 6.45) is -4.73. The Morgan fingerprint density at radius 3 is 2.47 bits per heavy atom. The van der Waals surface area contributed by atoms with E-state index in [1.807, 2.05) is 0 Å². The number of H-pyrrole nitrogens is 1. The Morgan fingerprint density at radius 2 is 2.06 bits per heavy atom. The van der Waals surface area contributed by atoms with Crippen LogP contribution in [0.2, 0.25) is 0 Å². The maximum atomic E-state index is 12.4. The molecule has 0 amide bonds. The third-order valence-corrected chi connectivity index (χ3v) is 1.67. The van der Waals surface area contributed by atoms with Crippen LogP contribution in [-0.2, 0) is 6.67 Å². The van der Waals surface area contributed by atoms with Crippen LogP contribution in [0.5, 0.6) is 5.88 Å². The van der Waals surface area contributed by atoms with Crippen molar-refractivity contribution in [3.8, 4) is 5.88 Å². The predicted molar refractivity (Wildman–Crippen MR) is 45.2 cm³/mol. The van der Waals surface area contributed by atoms with E-state index in [-0.39, 0.29) is 0 Å². The summed E-state index contributed by atoms with van der Waals surface area (Å²) in [4.78, 5) is 22.1. The van der Waals surface area contributed by atoms with Crippen molar-refractivity contribution in [2.24, 2.45) is 0 Å². The summed E-state index contributed by atoms with van der Waals surface area (Å²) in [5.74, 6) is -1.20. The zero-order valence-corrected chi connectivity index (χ0v) is 7.88. The minimum Gasteiger partial charge on any atom is -0.389 e. The summed E-state index contributed by atoms with van der Waals surface area (Å²) in [7, 11) is 0. The lowest BCUT2D eigenvalue weighted by molar-refractivity contribution is -0.386. The third-order valence-electron chi connectivity index (χ3n) is 1.67. The number of rotatable bonds is 3. The molecule has 10 heteroatoms. The molecule has 0 saturated heterocycles. The van der Waals surface area contributed by atoms with E-state index < -0.39 is 40.5 Å². The van der Waals surface area contributed by atoms with E-state index in [9.17, 15) is 32.5 Å². The standard InChI is InChI=1S/C7H4F4N2O4/c8-1-3-5(14)4(13(15)16)2-12-6(3)17-7(9,10)11/h2H,1H2,(H,12,14). The van der Waals surface area contributed by atoms with Gasteiger partial charge in [-0.3, -0.25) is 14.9 Å². The van der Waals surface area contributed by atoms with E-state index in [2.05, 4.69) is 4.74 Å². The fourth-order valence-electron chi connectivity index (χ4n) is 1.01. The lowest BCUT2D eigenvalue weighted by atomic mass is 10.2. The topological polar surface area (TPSA) is 85.2 Å². The molecule has 0 aliphatic heterocycles. The van der Waals surface area contributed by atoms with Crippen LogP contribution in [0.25, 0.3) is 0 Å². The van der Waals surface area contributed by atoms with Crippen LogP contribution in [0.3, 0.4) is 0 Å². The number of pyridine rings is 1. The molecule has 6 nitrogen and oxygen atoms in total. The van der Waals surface area contributed by atoms with Gasteiger partial charge in [0.25, 0.3) is 5.43 Å². The van der Waals surface area contributed by atoms with Crippen molar-refractivity contribution in [1.82, 2.24) is 4.98 Å². The van der Waals surface area contributed by atoms with Crippen LogP contribution in [0, 0.1) is 10.1 Å². The summed E-state index contributed by atoms with van der Waals surface area (Å²) in [6.45, 7) is -1.62. The Hall–Kier alpha value is -2.13. The highest BCUT2D eigenvalue weighted by Crippen LogP contribution is 2.24. The Balaban J connectivity index is 3.32. The molecule has 94 valence electrons. The number of ether oxygens (including phenoxy) is 1. The molecule has 0 saturated carbocycles. The van der Waals surface area contributed by atoms with Crippen LogP contribution in [0.4, 0.5) is 23.2 Å². The highest BCUT2D eigenvalue weighted by molar-refractivity contribution is 5.37. The molecule has 0 aromatic carbocycles. The molecular formula is C7H4F4N2O4. The number of nitrogens with one attached hydrogen (secondary N) is 1. The van der Waals surface area contributed by atoms with Gasteiger partial charge in [0.1, 0.15) is 6.67 Å². The molecule has 17 heavy (non-hydrogen) atoms. The average Bonchev–Trinajstić information content (AvgIpc) is 2.15. The van der Waals surface area contributed by atoms with E-state index in [0.717, 1.165) is 0 Å². The van der Waals surface area contributed by atoms with Crippen molar-refractivity contribution in [1.29, 1.82) is 0 Å². The van der Waals surface area contributed by atoms with Gasteiger partial charge in [-0.05, 0) is 0 Å². The fraction of sp³-hybridized carbons (Fsp3) is 0.286. The first-order chi connectivity index (χ1) is 7.76. The molecule has 1 N–H and O–H groups in total. The molecule has 0 fully saturated rings. The van der Waals surface area contributed by atoms with Gasteiger partial charge in [0.2, 0.25) is 5.88 Å². The largest absolute Gasteiger partial charge is 0.574 e. The quantitative estimate of drug-likeness (QED) is 0.506. The van der Waals surface area contributed by atoms with Gasteiger partial charge in [-0.25, -0.2) is 4.39 Å². The van der Waals surface area contributed by atoms with Crippen molar-refractivity contribution >= 4 is 5.69 Å². The van der Waals surface area contributed by atoms with Gasteiger partial charge < -0.3 is 9.72 Å². The van der Waals surface area contributed by atoms with E-state index in [1.54, 1.807) is 4.98 Å². The number of nitro groups is 1. The molecule has 0 radical (unpaired) electrons. The second-order valence-corrected chi connectivity index (χ2v) is 2.75. The molecule has 1 aromatic heterocycles. The zero-order chi connectivity index (χ0) is 13.2. The fourth-order valence-corrected chi connectivity index (χ4v) is 1.01. The molecule has 0 atom stereocenters. The SMILES string of the molecule is O=c1c([N+](=O)[O-])c[nH]c(OC(F)(F)F)c1CF. The second kappa shape index (κ2) is 4.39. The summed E-state index contributed by atoms with van der Waals surface area (Å²) in [5.41, 5.74) is -3.61. The minimum atomic E-state index is -5.14. The van der Waals surface area contributed by atoms with Crippen molar-refractivity contribution < 1.29 is 27.2 Å². The van der Waals surface area contributed by atoms with Crippen LogP contribution >= 0.6 is 0 Å². The van der Waals surface area contributed by atoms with Gasteiger partial charge in [-0.2, -0.15) is 0 Å². The van der Waals surface area contributed by atoms with Crippen LogP contribution in [0.1, 0.15) is 5.56 Å². The molecule has 0 spiro atoms. The van der Waals surface area contributed by atoms with Gasteiger partial charge in [0, 0.05) is 0 Å². The number of nitrogens with zero attached hydrogens (tertiary/aromatic N) is 1. The Kier molecular flexibility index (Phi) is 3.34. The molecule has 0 bridgehead atoms. The highest BCUT2D eigenvalue weighted by atomic mass is 19.4. The molecule has 1 aromatic rings. The van der Waals surface area contributed by atoms with E-state index >= 15 is 0 Å². The Bertz CT molecular complexity index is 496. The monoisotopic (exact) mass is 256 g/mol. The van der Waals surface area contributed by atoms with Crippen molar-refractivity contribution in [2.45, 2.75) is 13.0 Å². The van der Waals surface area contributed by atoms with Crippen molar-refractivity contribution in [3.05, 3.63) is 32.1 Å². The smallest absolute Gasteiger partial charge is 0.389 e. The highest BCUT2D eigenvalue weighted by Gasteiger charge is 2.34. The zero-order valence-electron chi connectivity index (χ0n) is 7.88. The maximum Gasteiger partial charge on any atom is 0.574 e. The van der Waals surface area contributed by atoms with Gasteiger partial charge in [0.15, 0.2) is 0 Å². The molecule has 1 rings (SSSR count).